The van der Waals surface area contributed by atoms with Gasteiger partial charge in [-0.3, -0.25) is 4.79 Å². The lowest BCUT2D eigenvalue weighted by Gasteiger charge is -2.26. The number of amides is 1. The Morgan fingerprint density at radius 3 is 2.53 bits per heavy atom. The minimum atomic E-state index is -1.01. The smallest absolute Gasteiger partial charge is 0.329 e. The zero-order chi connectivity index (χ0) is 13.7. The fourth-order valence-electron chi connectivity index (χ4n) is 3.03. The maximum Gasteiger partial charge on any atom is 0.329 e. The Kier molecular flexibility index (Phi) is 4.80. The Hall–Kier alpha value is -1.10. The number of carbonyl (C=O) groups is 2. The van der Waals surface area contributed by atoms with E-state index in [1.165, 1.54) is 0 Å². The topological polar surface area (TPSA) is 75.6 Å². The normalized spacial score (nSPS) is 26.0. The largest absolute Gasteiger partial charge is 0.480 e. The lowest BCUT2D eigenvalue weighted by atomic mass is 9.97. The molecule has 1 saturated heterocycles. The van der Waals surface area contributed by atoms with Gasteiger partial charge in [0.05, 0.1) is 6.10 Å². The average molecular weight is 269 g/mol. The summed E-state index contributed by atoms with van der Waals surface area (Å²) in [5, 5.41) is 12.0. The van der Waals surface area contributed by atoms with Crippen LogP contribution in [0.1, 0.15) is 57.8 Å². The third-order valence-electron chi connectivity index (χ3n) is 4.21. The van der Waals surface area contributed by atoms with E-state index >= 15 is 0 Å². The number of carboxylic acids is 1. The molecule has 1 amide bonds. The molecular weight excluding hydrogens is 246 g/mol. The first kappa shape index (κ1) is 14.3. The van der Waals surface area contributed by atoms with E-state index in [1.807, 2.05) is 0 Å². The molecule has 1 atom stereocenters. The van der Waals surface area contributed by atoms with E-state index in [0.717, 1.165) is 38.7 Å². The van der Waals surface area contributed by atoms with Crippen molar-refractivity contribution in [2.75, 3.05) is 6.61 Å². The highest BCUT2D eigenvalue weighted by Crippen LogP contribution is 2.30. The summed E-state index contributed by atoms with van der Waals surface area (Å²) in [6, 6.07) is 0. The fraction of sp³-hybridized carbons (Fsp3) is 0.857. The molecule has 19 heavy (non-hydrogen) atoms. The van der Waals surface area contributed by atoms with Crippen molar-refractivity contribution in [3.63, 3.8) is 0 Å². The van der Waals surface area contributed by atoms with E-state index in [0.29, 0.717) is 25.7 Å². The van der Waals surface area contributed by atoms with Gasteiger partial charge < -0.3 is 15.2 Å². The zero-order valence-electron chi connectivity index (χ0n) is 11.3. The van der Waals surface area contributed by atoms with Crippen molar-refractivity contribution < 1.29 is 19.4 Å². The SMILES string of the molecule is O=C(CCC1CCCCO1)NC1(C(=O)O)CCCC1. The Morgan fingerprint density at radius 2 is 1.95 bits per heavy atom. The van der Waals surface area contributed by atoms with E-state index in [-0.39, 0.29) is 12.0 Å². The Bertz CT molecular complexity index is 330. The van der Waals surface area contributed by atoms with Crippen molar-refractivity contribution in [3.8, 4) is 0 Å². The summed E-state index contributed by atoms with van der Waals surface area (Å²) >= 11 is 0. The Labute approximate surface area is 113 Å². The molecule has 0 aromatic carbocycles. The van der Waals surface area contributed by atoms with E-state index in [2.05, 4.69) is 5.32 Å². The molecule has 5 nitrogen and oxygen atoms in total. The van der Waals surface area contributed by atoms with Gasteiger partial charge >= 0.3 is 5.97 Å². The van der Waals surface area contributed by atoms with Crippen LogP contribution >= 0.6 is 0 Å². The summed E-state index contributed by atoms with van der Waals surface area (Å²) in [5.74, 6) is -1.05. The van der Waals surface area contributed by atoms with Crippen molar-refractivity contribution in [2.45, 2.75) is 69.4 Å². The number of carboxylic acid groups (broad SMARTS) is 1. The molecule has 2 N–H and O–H groups in total. The minimum Gasteiger partial charge on any atom is -0.480 e. The van der Waals surface area contributed by atoms with Crippen molar-refractivity contribution >= 4 is 11.9 Å². The van der Waals surface area contributed by atoms with Gasteiger partial charge in [-0.2, -0.15) is 0 Å². The number of nitrogens with one attached hydrogen (secondary N) is 1. The predicted molar refractivity (Wildman–Crippen MR) is 69.8 cm³/mol. The number of ether oxygens (including phenoxy) is 1. The highest BCUT2D eigenvalue weighted by molar-refractivity contribution is 5.87. The third kappa shape index (κ3) is 3.69. The molecule has 0 radical (unpaired) electrons. The van der Waals surface area contributed by atoms with Gasteiger partial charge in [0.2, 0.25) is 5.91 Å². The monoisotopic (exact) mass is 269 g/mol. The second-order valence-corrected chi connectivity index (χ2v) is 5.67. The van der Waals surface area contributed by atoms with Gasteiger partial charge in [-0.15, -0.1) is 0 Å². The van der Waals surface area contributed by atoms with Crippen molar-refractivity contribution in [3.05, 3.63) is 0 Å². The summed E-state index contributed by atoms with van der Waals surface area (Å²) in [5.41, 5.74) is -1.01. The molecule has 1 aliphatic heterocycles. The summed E-state index contributed by atoms with van der Waals surface area (Å²) in [7, 11) is 0. The Balaban J connectivity index is 1.78. The number of carbonyl (C=O) groups excluding carboxylic acids is 1. The summed E-state index contributed by atoms with van der Waals surface area (Å²) < 4.78 is 5.57. The first-order valence-corrected chi connectivity index (χ1v) is 7.28. The van der Waals surface area contributed by atoms with Gasteiger partial charge in [0.15, 0.2) is 0 Å². The van der Waals surface area contributed by atoms with Crippen LogP contribution in [0.2, 0.25) is 0 Å². The van der Waals surface area contributed by atoms with Crippen LogP contribution in [0.4, 0.5) is 0 Å². The molecule has 108 valence electrons. The van der Waals surface area contributed by atoms with Crippen LogP contribution in [0, 0.1) is 0 Å². The summed E-state index contributed by atoms with van der Waals surface area (Å²) in [6.07, 6.45) is 7.34. The number of hydrogen-bond acceptors (Lipinski definition) is 3. The molecule has 2 rings (SSSR count). The average Bonchev–Trinajstić information content (AvgIpc) is 2.87. The van der Waals surface area contributed by atoms with Crippen LogP contribution in [-0.4, -0.2) is 35.2 Å². The molecule has 0 spiro atoms. The predicted octanol–water partition coefficient (Wildman–Crippen LogP) is 1.85. The number of hydrogen-bond donors (Lipinski definition) is 2. The fourth-order valence-corrected chi connectivity index (χ4v) is 3.03. The first-order chi connectivity index (χ1) is 9.12. The molecule has 1 unspecified atom stereocenters. The van der Waals surface area contributed by atoms with Crippen LogP contribution in [0.3, 0.4) is 0 Å². The highest BCUT2D eigenvalue weighted by Gasteiger charge is 2.42. The van der Waals surface area contributed by atoms with E-state index < -0.39 is 11.5 Å². The summed E-state index contributed by atoms with van der Waals surface area (Å²) in [4.78, 5) is 23.2. The van der Waals surface area contributed by atoms with Crippen molar-refractivity contribution in [2.24, 2.45) is 0 Å². The quantitative estimate of drug-likeness (QED) is 0.798. The second kappa shape index (κ2) is 6.37. The molecule has 5 heteroatoms. The first-order valence-electron chi connectivity index (χ1n) is 7.28. The Morgan fingerprint density at radius 1 is 1.21 bits per heavy atom. The van der Waals surface area contributed by atoms with E-state index in [9.17, 15) is 14.7 Å². The molecule has 2 fully saturated rings. The van der Waals surface area contributed by atoms with E-state index in [4.69, 9.17) is 4.74 Å². The van der Waals surface area contributed by atoms with Gasteiger partial charge in [0.25, 0.3) is 0 Å². The number of rotatable bonds is 5. The van der Waals surface area contributed by atoms with E-state index in [1.54, 1.807) is 0 Å². The van der Waals surface area contributed by atoms with Crippen LogP contribution in [-0.2, 0) is 14.3 Å². The van der Waals surface area contributed by atoms with Gasteiger partial charge in [0, 0.05) is 13.0 Å². The van der Waals surface area contributed by atoms with Crippen LogP contribution in [0.5, 0.6) is 0 Å². The van der Waals surface area contributed by atoms with Crippen LogP contribution < -0.4 is 5.32 Å². The van der Waals surface area contributed by atoms with Crippen molar-refractivity contribution in [1.82, 2.24) is 5.32 Å². The molecule has 1 saturated carbocycles. The molecule has 1 heterocycles. The van der Waals surface area contributed by atoms with Gasteiger partial charge in [-0.25, -0.2) is 4.79 Å². The van der Waals surface area contributed by atoms with Gasteiger partial charge in [-0.1, -0.05) is 12.8 Å². The minimum absolute atomic E-state index is 0.154. The molecule has 0 aromatic heterocycles. The molecule has 0 aromatic rings. The standard InChI is InChI=1S/C14H23NO4/c16-12(7-6-11-5-1-4-10-19-11)15-14(13(17)18)8-2-3-9-14/h11H,1-10H2,(H,15,16)(H,17,18). The maximum atomic E-state index is 11.9. The van der Waals surface area contributed by atoms with Crippen LogP contribution in [0.15, 0.2) is 0 Å². The third-order valence-corrected chi connectivity index (χ3v) is 4.21. The molecular formula is C14H23NO4. The second-order valence-electron chi connectivity index (χ2n) is 5.67. The highest BCUT2D eigenvalue weighted by atomic mass is 16.5. The zero-order valence-corrected chi connectivity index (χ0v) is 11.3. The number of aliphatic carboxylic acids is 1. The summed E-state index contributed by atoms with van der Waals surface area (Å²) in [6.45, 7) is 0.783. The molecule has 0 bridgehead atoms. The lowest BCUT2D eigenvalue weighted by molar-refractivity contribution is -0.147. The van der Waals surface area contributed by atoms with Gasteiger partial charge in [0.1, 0.15) is 5.54 Å². The lowest BCUT2D eigenvalue weighted by Crippen LogP contribution is -2.52. The van der Waals surface area contributed by atoms with Crippen molar-refractivity contribution in [1.29, 1.82) is 0 Å². The van der Waals surface area contributed by atoms with Crippen LogP contribution in [0.25, 0.3) is 0 Å². The maximum absolute atomic E-state index is 11.9. The molecule has 1 aliphatic carbocycles. The molecule has 2 aliphatic rings. The van der Waals surface area contributed by atoms with Gasteiger partial charge in [-0.05, 0) is 38.5 Å².